The average molecular weight is 441 g/mol. The first-order valence-corrected chi connectivity index (χ1v) is 11.6. The summed E-state index contributed by atoms with van der Waals surface area (Å²) in [4.78, 5) is 19.6. The maximum Gasteiger partial charge on any atom is 0.274 e. The van der Waals surface area contributed by atoms with Crippen molar-refractivity contribution in [1.82, 2.24) is 9.88 Å². The largest absolute Gasteiger partial charge is 0.490 e. The molecule has 1 fully saturated rings. The van der Waals surface area contributed by atoms with E-state index in [1.807, 2.05) is 36.9 Å². The maximum atomic E-state index is 13.0. The lowest BCUT2D eigenvalue weighted by atomic mass is 10.1. The molecule has 1 aliphatic heterocycles. The van der Waals surface area contributed by atoms with Gasteiger partial charge >= 0.3 is 0 Å². The van der Waals surface area contributed by atoms with Crippen LogP contribution in [0.25, 0.3) is 10.2 Å². The fourth-order valence-corrected chi connectivity index (χ4v) is 4.76. The molecule has 0 unspecified atom stereocenters. The number of piperidine rings is 1. The third-order valence-corrected chi connectivity index (χ3v) is 6.30. The van der Waals surface area contributed by atoms with Crippen LogP contribution >= 0.6 is 11.3 Å². The summed E-state index contributed by atoms with van der Waals surface area (Å²) in [6.45, 7) is 8.29. The van der Waals surface area contributed by atoms with E-state index in [4.69, 9.17) is 14.2 Å². The van der Waals surface area contributed by atoms with Gasteiger partial charge in [-0.05, 0) is 50.6 Å². The molecule has 0 aliphatic carbocycles. The zero-order valence-electron chi connectivity index (χ0n) is 18.2. The first kappa shape index (κ1) is 21.4. The zero-order chi connectivity index (χ0) is 21.8. The normalized spacial score (nSPS) is 14.6. The molecule has 1 saturated heterocycles. The number of nitrogens with zero attached hydrogens (tertiary/aromatic N) is 2. The summed E-state index contributed by atoms with van der Waals surface area (Å²) < 4.78 is 18.6. The van der Waals surface area contributed by atoms with Gasteiger partial charge in [0.15, 0.2) is 11.5 Å². The highest BCUT2D eigenvalue weighted by molar-refractivity contribution is 7.20. The Morgan fingerprint density at radius 3 is 2.55 bits per heavy atom. The van der Waals surface area contributed by atoms with E-state index < -0.39 is 0 Å². The van der Waals surface area contributed by atoms with E-state index in [0.29, 0.717) is 48.6 Å². The van der Waals surface area contributed by atoms with E-state index in [0.717, 1.165) is 28.6 Å². The minimum Gasteiger partial charge on any atom is -0.490 e. The van der Waals surface area contributed by atoms with Gasteiger partial charge in [-0.2, -0.15) is 0 Å². The molecular weight excluding hydrogens is 412 g/mol. The number of rotatable bonds is 7. The van der Waals surface area contributed by atoms with Crippen molar-refractivity contribution in [3.05, 3.63) is 47.5 Å². The molecule has 0 N–H and O–H groups in total. The summed E-state index contributed by atoms with van der Waals surface area (Å²) in [5.41, 5.74) is 2.79. The highest BCUT2D eigenvalue weighted by Crippen LogP contribution is 2.32. The molecule has 0 radical (unpaired) electrons. The third kappa shape index (κ3) is 4.77. The van der Waals surface area contributed by atoms with Gasteiger partial charge in [0.05, 0.1) is 23.4 Å². The highest BCUT2D eigenvalue weighted by Gasteiger charge is 2.26. The van der Waals surface area contributed by atoms with E-state index in [2.05, 4.69) is 24.0 Å². The Morgan fingerprint density at radius 1 is 1.10 bits per heavy atom. The highest BCUT2D eigenvalue weighted by atomic mass is 32.1. The number of carbonyl (C=O) groups excluding carboxylic acids is 1. The molecule has 2 aromatic carbocycles. The van der Waals surface area contributed by atoms with E-state index in [1.165, 1.54) is 0 Å². The zero-order valence-corrected chi connectivity index (χ0v) is 19.0. The lowest BCUT2D eigenvalue weighted by Crippen LogP contribution is -2.41. The molecule has 7 heteroatoms. The predicted molar refractivity (Wildman–Crippen MR) is 123 cm³/mol. The van der Waals surface area contributed by atoms with Crippen LogP contribution in [0.15, 0.2) is 36.4 Å². The third-order valence-electron chi connectivity index (χ3n) is 5.39. The van der Waals surface area contributed by atoms with Gasteiger partial charge in [0.2, 0.25) is 0 Å². The molecule has 0 saturated carbocycles. The minimum atomic E-state index is 0.0121. The van der Waals surface area contributed by atoms with Gasteiger partial charge in [-0.3, -0.25) is 4.79 Å². The summed E-state index contributed by atoms with van der Waals surface area (Å²) in [6, 6.07) is 11.6. The molecule has 2 heterocycles. The summed E-state index contributed by atoms with van der Waals surface area (Å²) in [7, 11) is 0. The second-order valence-electron chi connectivity index (χ2n) is 7.54. The topological polar surface area (TPSA) is 60.9 Å². The van der Waals surface area contributed by atoms with Crippen molar-refractivity contribution in [2.24, 2.45) is 0 Å². The fourth-order valence-electron chi connectivity index (χ4n) is 3.80. The van der Waals surface area contributed by atoms with Crippen LogP contribution in [0.1, 0.15) is 42.6 Å². The second-order valence-corrected chi connectivity index (χ2v) is 8.53. The number of thiazole rings is 1. The number of hydrogen-bond acceptors (Lipinski definition) is 6. The van der Waals surface area contributed by atoms with Crippen molar-refractivity contribution < 1.29 is 19.0 Å². The fraction of sp³-hybridized carbons (Fsp3) is 0.417. The van der Waals surface area contributed by atoms with Gasteiger partial charge in [-0.15, -0.1) is 0 Å². The Kier molecular flexibility index (Phi) is 6.61. The number of amides is 1. The molecule has 0 atom stereocenters. The molecule has 3 aromatic rings. The SMILES string of the molecule is CCOc1ccc(C(=O)N2CCC(Oc3nc4c(C)cccc4s3)CC2)cc1OCC. The predicted octanol–water partition coefficient (Wildman–Crippen LogP) is 5.09. The van der Waals surface area contributed by atoms with Crippen LogP contribution in [0.2, 0.25) is 0 Å². The Morgan fingerprint density at radius 2 is 1.84 bits per heavy atom. The lowest BCUT2D eigenvalue weighted by molar-refractivity contribution is 0.0595. The van der Waals surface area contributed by atoms with Crippen molar-refractivity contribution in [2.75, 3.05) is 26.3 Å². The van der Waals surface area contributed by atoms with E-state index in [1.54, 1.807) is 17.4 Å². The minimum absolute atomic E-state index is 0.0121. The standard InChI is InChI=1S/C24H28N2O4S/c1-4-28-19-10-9-17(15-20(19)29-5-2)23(27)26-13-11-18(12-14-26)30-24-25-22-16(3)7-6-8-21(22)31-24/h6-10,15,18H,4-5,11-14H2,1-3H3. The van der Waals surface area contributed by atoms with Gasteiger partial charge in [0, 0.05) is 31.5 Å². The van der Waals surface area contributed by atoms with E-state index >= 15 is 0 Å². The first-order chi connectivity index (χ1) is 15.1. The van der Waals surface area contributed by atoms with Crippen molar-refractivity contribution in [3.8, 4) is 16.7 Å². The summed E-state index contributed by atoms with van der Waals surface area (Å²) in [5.74, 6) is 1.29. The van der Waals surface area contributed by atoms with Crippen LogP contribution in [0.5, 0.6) is 16.7 Å². The molecule has 1 aliphatic rings. The second kappa shape index (κ2) is 9.56. The molecule has 164 valence electrons. The number of hydrogen-bond donors (Lipinski definition) is 0. The molecule has 1 aromatic heterocycles. The lowest BCUT2D eigenvalue weighted by Gasteiger charge is -2.31. The molecule has 0 bridgehead atoms. The number of aryl methyl sites for hydroxylation is 1. The summed E-state index contributed by atoms with van der Waals surface area (Å²) in [5, 5.41) is 0.710. The van der Waals surface area contributed by atoms with Gasteiger partial charge in [0.1, 0.15) is 6.10 Å². The number of benzene rings is 2. The Bertz CT molecular complexity index is 1060. The Hall–Kier alpha value is -2.80. The number of fused-ring (bicyclic) bond motifs is 1. The molecule has 0 spiro atoms. The number of carbonyl (C=O) groups is 1. The molecular formula is C24H28N2O4S. The average Bonchev–Trinajstić information content (AvgIpc) is 3.19. The number of aromatic nitrogens is 1. The molecule has 31 heavy (non-hydrogen) atoms. The van der Waals surface area contributed by atoms with Crippen LogP contribution in [0.4, 0.5) is 0 Å². The van der Waals surface area contributed by atoms with E-state index in [-0.39, 0.29) is 12.0 Å². The van der Waals surface area contributed by atoms with E-state index in [9.17, 15) is 4.79 Å². The van der Waals surface area contributed by atoms with Gasteiger partial charge < -0.3 is 19.1 Å². The maximum absolute atomic E-state index is 13.0. The van der Waals surface area contributed by atoms with Crippen LogP contribution < -0.4 is 14.2 Å². The smallest absolute Gasteiger partial charge is 0.274 e. The Balaban J connectivity index is 1.38. The van der Waals surface area contributed by atoms with Crippen molar-refractivity contribution in [1.29, 1.82) is 0 Å². The number of likely N-dealkylation sites (tertiary alicyclic amines) is 1. The van der Waals surface area contributed by atoms with Crippen LogP contribution in [0, 0.1) is 6.92 Å². The molecule has 1 amide bonds. The molecule has 6 nitrogen and oxygen atoms in total. The number of ether oxygens (including phenoxy) is 3. The van der Waals surface area contributed by atoms with Crippen molar-refractivity contribution >= 4 is 27.5 Å². The van der Waals surface area contributed by atoms with Crippen LogP contribution in [0.3, 0.4) is 0 Å². The monoisotopic (exact) mass is 440 g/mol. The van der Waals surface area contributed by atoms with Crippen molar-refractivity contribution in [2.45, 2.75) is 39.7 Å². The summed E-state index contributed by atoms with van der Waals surface area (Å²) in [6.07, 6.45) is 1.65. The summed E-state index contributed by atoms with van der Waals surface area (Å²) >= 11 is 1.58. The van der Waals surface area contributed by atoms with Gasteiger partial charge in [0.25, 0.3) is 11.1 Å². The van der Waals surface area contributed by atoms with Crippen molar-refractivity contribution in [3.63, 3.8) is 0 Å². The number of para-hydroxylation sites is 1. The van der Waals surface area contributed by atoms with Crippen LogP contribution in [-0.2, 0) is 0 Å². The van der Waals surface area contributed by atoms with Gasteiger partial charge in [-0.25, -0.2) is 4.98 Å². The van der Waals surface area contributed by atoms with Gasteiger partial charge in [-0.1, -0.05) is 23.5 Å². The first-order valence-electron chi connectivity index (χ1n) is 10.8. The Labute approximate surface area is 186 Å². The van der Waals surface area contributed by atoms with Crippen LogP contribution in [-0.4, -0.2) is 48.2 Å². The quantitative estimate of drug-likeness (QED) is 0.512. The molecule has 4 rings (SSSR count).